The Morgan fingerprint density at radius 1 is 1.07 bits per heavy atom. The van der Waals surface area contributed by atoms with Gasteiger partial charge in [0.1, 0.15) is 0 Å². The van der Waals surface area contributed by atoms with Crippen molar-refractivity contribution in [2.75, 3.05) is 7.11 Å². The van der Waals surface area contributed by atoms with Gasteiger partial charge in [-0.25, -0.2) is 4.39 Å². The second-order valence-corrected chi connectivity index (χ2v) is 8.24. The van der Waals surface area contributed by atoms with Crippen LogP contribution in [-0.2, 0) is 29.0 Å². The maximum absolute atomic E-state index is 14.2. The summed E-state index contributed by atoms with van der Waals surface area (Å²) in [6, 6.07) is 9.95. The SMILES string of the molecule is C.C/C=C\C=C/C(C)=O.C=C(CC)/C(=C\CCc1ccc(CC)cc1)C(=O)NCc1nccc(OC)c1F.CC. The summed E-state index contributed by atoms with van der Waals surface area (Å²) in [7, 11) is 1.39. The largest absolute Gasteiger partial charge is 0.494 e. The third kappa shape index (κ3) is 15.0. The summed E-state index contributed by atoms with van der Waals surface area (Å²) in [6.07, 6.45) is 13.5. The molecule has 0 saturated heterocycles. The van der Waals surface area contributed by atoms with Gasteiger partial charge in [0, 0.05) is 17.8 Å². The topological polar surface area (TPSA) is 68.3 Å². The zero-order chi connectivity index (χ0) is 29.6. The number of aromatic nitrogens is 1. The summed E-state index contributed by atoms with van der Waals surface area (Å²) in [6.45, 7) is 15.5. The Balaban J connectivity index is 0. The van der Waals surface area contributed by atoms with E-state index in [9.17, 15) is 14.0 Å². The van der Waals surface area contributed by atoms with Gasteiger partial charge in [0.15, 0.2) is 17.3 Å². The summed E-state index contributed by atoms with van der Waals surface area (Å²) < 4.78 is 19.2. The van der Waals surface area contributed by atoms with Crippen LogP contribution in [0.5, 0.6) is 5.75 Å². The maximum Gasteiger partial charge on any atom is 0.251 e. The van der Waals surface area contributed by atoms with E-state index in [1.807, 2.05) is 45.9 Å². The van der Waals surface area contributed by atoms with Crippen molar-refractivity contribution in [3.05, 3.63) is 107 Å². The quantitative estimate of drug-likeness (QED) is 0.212. The Bertz CT molecular complexity index is 1120. The molecule has 2 rings (SSSR count). The van der Waals surface area contributed by atoms with E-state index in [0.717, 1.165) is 24.8 Å². The number of carbonyl (C=O) groups is 2. The predicted octanol–water partition coefficient (Wildman–Crippen LogP) is 8.30. The maximum atomic E-state index is 14.2. The molecule has 1 amide bonds. The first-order valence-corrected chi connectivity index (χ1v) is 13.5. The number of ketones is 1. The zero-order valence-electron chi connectivity index (χ0n) is 24.6. The molecule has 220 valence electrons. The van der Waals surface area contributed by atoms with Crippen LogP contribution in [0, 0.1) is 5.82 Å². The molecule has 2 aromatic rings. The standard InChI is InChI=1S/C24H29FN2O2.C7H10O.C2H6.CH4/c1-5-17(3)20(9-7-8-19-12-10-18(6-2)11-13-19)24(28)27-16-21-23(25)22(29-4)14-15-26-21;1-3-4-5-6-7(2)8;1-2;/h9-15H,3,5-8,16H2,1-2,4H3,(H,27,28);3-6H,1-2H3;1-2H3;1H4/b20-9+;4-3-,6-5-;;. The first-order valence-electron chi connectivity index (χ1n) is 13.5. The lowest BCUT2D eigenvalue weighted by atomic mass is 10.0. The molecule has 1 aromatic carbocycles. The molecular formula is C34H49FN2O3. The number of hydrogen-bond donors (Lipinski definition) is 1. The normalized spacial score (nSPS) is 10.6. The smallest absolute Gasteiger partial charge is 0.251 e. The molecule has 0 radical (unpaired) electrons. The van der Waals surface area contributed by atoms with E-state index in [0.29, 0.717) is 12.0 Å². The number of nitrogens with zero attached hydrogens (tertiary/aromatic N) is 1. The van der Waals surface area contributed by atoms with Gasteiger partial charge in [-0.05, 0) is 62.3 Å². The van der Waals surface area contributed by atoms with Gasteiger partial charge in [0.05, 0.1) is 19.3 Å². The Hall–Kier alpha value is -3.80. The van der Waals surface area contributed by atoms with E-state index in [1.165, 1.54) is 43.5 Å². The van der Waals surface area contributed by atoms with Crippen molar-refractivity contribution in [1.29, 1.82) is 0 Å². The van der Waals surface area contributed by atoms with Crippen LogP contribution in [0.2, 0.25) is 0 Å². The number of allylic oxidation sites excluding steroid dienone is 5. The number of benzene rings is 1. The lowest BCUT2D eigenvalue weighted by molar-refractivity contribution is -0.117. The fourth-order valence-corrected chi connectivity index (χ4v) is 3.22. The van der Waals surface area contributed by atoms with E-state index in [-0.39, 0.29) is 37.1 Å². The number of amides is 1. The highest BCUT2D eigenvalue weighted by Gasteiger charge is 2.15. The summed E-state index contributed by atoms with van der Waals surface area (Å²) >= 11 is 0. The van der Waals surface area contributed by atoms with Gasteiger partial charge in [0.2, 0.25) is 0 Å². The van der Waals surface area contributed by atoms with Gasteiger partial charge < -0.3 is 10.1 Å². The van der Waals surface area contributed by atoms with E-state index < -0.39 is 5.82 Å². The van der Waals surface area contributed by atoms with E-state index >= 15 is 0 Å². The first-order chi connectivity index (χ1) is 18.8. The number of pyridine rings is 1. The average Bonchev–Trinajstić information content (AvgIpc) is 2.96. The summed E-state index contributed by atoms with van der Waals surface area (Å²) in [5.41, 5.74) is 3.96. The van der Waals surface area contributed by atoms with Crippen LogP contribution in [0.15, 0.2) is 84.6 Å². The number of nitrogens with one attached hydrogen (secondary N) is 1. The molecule has 0 fully saturated rings. The van der Waals surface area contributed by atoms with Crippen molar-refractivity contribution in [1.82, 2.24) is 10.3 Å². The number of hydrogen-bond acceptors (Lipinski definition) is 4. The third-order valence-corrected chi connectivity index (χ3v) is 5.46. The fourth-order valence-electron chi connectivity index (χ4n) is 3.22. The van der Waals surface area contributed by atoms with Crippen molar-refractivity contribution in [3.63, 3.8) is 0 Å². The number of ether oxygens (including phenoxy) is 1. The minimum atomic E-state index is -0.564. The van der Waals surface area contributed by atoms with Gasteiger partial charge >= 0.3 is 0 Å². The molecule has 6 heteroatoms. The summed E-state index contributed by atoms with van der Waals surface area (Å²) in [5, 5.41) is 2.74. The van der Waals surface area contributed by atoms with Crippen molar-refractivity contribution >= 4 is 11.7 Å². The molecule has 40 heavy (non-hydrogen) atoms. The highest BCUT2D eigenvalue weighted by Crippen LogP contribution is 2.19. The molecule has 0 atom stereocenters. The van der Waals surface area contributed by atoms with Gasteiger partial charge in [-0.2, -0.15) is 0 Å². The lowest BCUT2D eigenvalue weighted by Crippen LogP contribution is -2.26. The lowest BCUT2D eigenvalue weighted by Gasteiger charge is -2.12. The minimum absolute atomic E-state index is 0. The molecule has 0 saturated carbocycles. The molecule has 1 N–H and O–H groups in total. The molecule has 0 aliphatic rings. The number of methoxy groups -OCH3 is 1. The Labute approximate surface area is 242 Å². The van der Waals surface area contributed by atoms with Gasteiger partial charge in [-0.15, -0.1) is 0 Å². The number of rotatable bonds is 12. The molecular weight excluding hydrogens is 503 g/mol. The number of carbonyl (C=O) groups excluding carboxylic acids is 2. The predicted molar refractivity (Wildman–Crippen MR) is 167 cm³/mol. The van der Waals surface area contributed by atoms with Crippen molar-refractivity contribution in [3.8, 4) is 5.75 Å². The third-order valence-electron chi connectivity index (χ3n) is 5.46. The van der Waals surface area contributed by atoms with E-state index in [1.54, 1.807) is 6.08 Å². The van der Waals surface area contributed by atoms with Crippen molar-refractivity contribution in [2.45, 2.75) is 81.2 Å². The van der Waals surface area contributed by atoms with Crippen LogP contribution in [0.3, 0.4) is 0 Å². The Kier molecular flexibility index (Phi) is 22.2. The second kappa shape index (κ2) is 23.1. The van der Waals surface area contributed by atoms with Crippen LogP contribution < -0.4 is 10.1 Å². The van der Waals surface area contributed by atoms with Gasteiger partial charge in [-0.1, -0.05) is 90.3 Å². The van der Waals surface area contributed by atoms with Crippen LogP contribution in [0.1, 0.15) is 78.6 Å². The zero-order valence-corrected chi connectivity index (χ0v) is 24.6. The highest BCUT2D eigenvalue weighted by molar-refractivity contribution is 5.97. The number of halogens is 1. The molecule has 1 aromatic heterocycles. The molecule has 0 unspecified atom stereocenters. The van der Waals surface area contributed by atoms with Crippen molar-refractivity contribution in [2.24, 2.45) is 0 Å². The Morgan fingerprint density at radius 3 is 2.23 bits per heavy atom. The molecule has 0 aliphatic heterocycles. The molecule has 5 nitrogen and oxygen atoms in total. The summed E-state index contributed by atoms with van der Waals surface area (Å²) in [5.74, 6) is -0.650. The fraction of sp³-hybridized carbons (Fsp3) is 0.382. The van der Waals surface area contributed by atoms with Crippen LogP contribution in [-0.4, -0.2) is 23.8 Å². The number of aryl methyl sites for hydroxylation is 2. The molecule has 0 spiro atoms. The molecule has 1 heterocycles. The second-order valence-electron chi connectivity index (χ2n) is 8.24. The monoisotopic (exact) mass is 552 g/mol. The molecule has 0 bridgehead atoms. The summed E-state index contributed by atoms with van der Waals surface area (Å²) in [4.78, 5) is 26.9. The van der Waals surface area contributed by atoms with Gasteiger partial charge in [-0.3, -0.25) is 14.6 Å². The average molecular weight is 553 g/mol. The van der Waals surface area contributed by atoms with E-state index in [4.69, 9.17) is 4.74 Å². The van der Waals surface area contributed by atoms with Crippen LogP contribution in [0.25, 0.3) is 0 Å². The first kappa shape index (κ1) is 38.3. The Morgan fingerprint density at radius 2 is 1.70 bits per heavy atom. The highest BCUT2D eigenvalue weighted by atomic mass is 19.1. The van der Waals surface area contributed by atoms with Crippen molar-refractivity contribution < 1.29 is 18.7 Å². The minimum Gasteiger partial charge on any atom is -0.494 e. The van der Waals surface area contributed by atoms with E-state index in [2.05, 4.69) is 48.1 Å². The van der Waals surface area contributed by atoms with Crippen LogP contribution in [0.4, 0.5) is 4.39 Å². The van der Waals surface area contributed by atoms with Crippen LogP contribution >= 0.6 is 0 Å². The molecule has 0 aliphatic carbocycles. The van der Waals surface area contributed by atoms with Gasteiger partial charge in [0.25, 0.3) is 5.91 Å².